The molecule has 0 atom stereocenters. The number of aromatic nitrogens is 1. The number of benzene rings is 2. The van der Waals surface area contributed by atoms with Crippen LogP contribution in [0.3, 0.4) is 0 Å². The van der Waals surface area contributed by atoms with E-state index in [2.05, 4.69) is 23.2 Å². The van der Waals surface area contributed by atoms with Crippen LogP contribution in [0.25, 0.3) is 22.0 Å². The topological polar surface area (TPSA) is 12.9 Å². The average molecular weight is 240 g/mol. The number of hydrogen-bond donors (Lipinski definition) is 0. The minimum atomic E-state index is 0.738. The van der Waals surface area contributed by atoms with Crippen LogP contribution in [-0.4, -0.2) is 4.98 Å². The monoisotopic (exact) mass is 239 g/mol. The molecule has 1 aromatic heterocycles. The molecule has 2 heteroatoms. The van der Waals surface area contributed by atoms with Crippen LogP contribution in [-0.2, 0) is 0 Å². The Hall–Kier alpha value is -1.86. The second-order valence-electron chi connectivity index (χ2n) is 3.89. The van der Waals surface area contributed by atoms with Crippen molar-refractivity contribution in [3.63, 3.8) is 0 Å². The fourth-order valence-electron chi connectivity index (χ4n) is 1.93. The maximum atomic E-state index is 6.30. The van der Waals surface area contributed by atoms with E-state index in [1.54, 1.807) is 6.20 Å². The first-order valence-corrected chi connectivity index (χ1v) is 5.82. The first-order valence-electron chi connectivity index (χ1n) is 5.44. The summed E-state index contributed by atoms with van der Waals surface area (Å²) in [7, 11) is 0. The molecule has 1 heterocycles. The van der Waals surface area contributed by atoms with Crippen LogP contribution in [0, 0.1) is 0 Å². The molecule has 0 saturated heterocycles. The molecule has 3 aromatic rings. The van der Waals surface area contributed by atoms with E-state index >= 15 is 0 Å². The summed E-state index contributed by atoms with van der Waals surface area (Å²) in [5.74, 6) is 0. The van der Waals surface area contributed by atoms with Gasteiger partial charge in [-0.05, 0) is 35.0 Å². The summed E-state index contributed by atoms with van der Waals surface area (Å²) in [6, 6.07) is 18.1. The van der Waals surface area contributed by atoms with E-state index in [4.69, 9.17) is 11.6 Å². The Bertz CT molecular complexity index is 662. The van der Waals surface area contributed by atoms with Crippen LogP contribution in [0.15, 0.2) is 60.8 Å². The van der Waals surface area contributed by atoms with Gasteiger partial charge in [0.05, 0.1) is 10.7 Å². The van der Waals surface area contributed by atoms with Gasteiger partial charge in [-0.25, -0.2) is 0 Å². The van der Waals surface area contributed by atoms with Gasteiger partial charge < -0.3 is 0 Å². The Morgan fingerprint density at radius 3 is 2.24 bits per heavy atom. The van der Waals surface area contributed by atoms with Gasteiger partial charge in [0.25, 0.3) is 0 Å². The fraction of sp³-hybridized carbons (Fsp3) is 0. The standard InChI is InChI=1S/C15H10ClN/c16-14-10-12-6-2-1-5-11(12)9-13(14)15-7-3-4-8-17-15/h1-10H. The molecule has 1 nitrogen and oxygen atoms in total. The molecule has 0 fully saturated rings. The van der Waals surface area contributed by atoms with Gasteiger partial charge in [-0.3, -0.25) is 4.98 Å². The highest BCUT2D eigenvalue weighted by Crippen LogP contribution is 2.30. The zero-order valence-corrected chi connectivity index (χ0v) is 9.85. The number of halogens is 1. The number of nitrogens with zero attached hydrogens (tertiary/aromatic N) is 1. The third kappa shape index (κ3) is 1.90. The van der Waals surface area contributed by atoms with Crippen molar-refractivity contribution in [2.24, 2.45) is 0 Å². The van der Waals surface area contributed by atoms with E-state index in [-0.39, 0.29) is 0 Å². The summed E-state index contributed by atoms with van der Waals surface area (Å²) in [6.45, 7) is 0. The molecule has 17 heavy (non-hydrogen) atoms. The average Bonchev–Trinajstić information content (AvgIpc) is 2.39. The Balaban J connectivity index is 2.27. The van der Waals surface area contributed by atoms with Crippen LogP contribution in [0.2, 0.25) is 5.02 Å². The Kier molecular flexibility index (Phi) is 2.54. The highest BCUT2D eigenvalue weighted by Gasteiger charge is 2.05. The van der Waals surface area contributed by atoms with Crippen molar-refractivity contribution >= 4 is 22.4 Å². The van der Waals surface area contributed by atoms with Crippen LogP contribution < -0.4 is 0 Å². The second kappa shape index (κ2) is 4.19. The first kappa shape index (κ1) is 10.3. The minimum absolute atomic E-state index is 0.738. The smallest absolute Gasteiger partial charge is 0.0717 e. The van der Waals surface area contributed by atoms with E-state index in [0.29, 0.717) is 0 Å². The van der Waals surface area contributed by atoms with Gasteiger partial charge in [-0.2, -0.15) is 0 Å². The molecule has 0 aliphatic rings. The lowest BCUT2D eigenvalue weighted by molar-refractivity contribution is 1.33. The summed E-state index contributed by atoms with van der Waals surface area (Å²) in [5.41, 5.74) is 1.88. The molecule has 0 saturated carbocycles. The lowest BCUT2D eigenvalue weighted by atomic mass is 10.0. The number of pyridine rings is 1. The Labute approximate surface area is 105 Å². The molecule has 0 aliphatic carbocycles. The summed E-state index contributed by atoms with van der Waals surface area (Å²) >= 11 is 6.30. The third-order valence-electron chi connectivity index (χ3n) is 2.78. The van der Waals surface area contributed by atoms with E-state index in [0.717, 1.165) is 21.7 Å². The van der Waals surface area contributed by atoms with Gasteiger partial charge in [-0.1, -0.05) is 41.9 Å². The van der Waals surface area contributed by atoms with Gasteiger partial charge in [0.2, 0.25) is 0 Å². The summed E-state index contributed by atoms with van der Waals surface area (Å²) in [4.78, 5) is 4.33. The number of fused-ring (bicyclic) bond motifs is 1. The van der Waals surface area contributed by atoms with Crippen LogP contribution >= 0.6 is 11.6 Å². The van der Waals surface area contributed by atoms with Crippen molar-refractivity contribution in [1.82, 2.24) is 4.98 Å². The molecule has 0 aliphatic heterocycles. The third-order valence-corrected chi connectivity index (χ3v) is 3.09. The molecule has 82 valence electrons. The first-order chi connectivity index (χ1) is 8.34. The predicted octanol–water partition coefficient (Wildman–Crippen LogP) is 4.56. The molecule has 0 amide bonds. The van der Waals surface area contributed by atoms with Crippen molar-refractivity contribution in [2.45, 2.75) is 0 Å². The molecule has 0 bridgehead atoms. The quantitative estimate of drug-likeness (QED) is 0.607. The van der Waals surface area contributed by atoms with Crippen molar-refractivity contribution in [1.29, 1.82) is 0 Å². The molecular formula is C15H10ClN. The maximum Gasteiger partial charge on any atom is 0.0717 e. The van der Waals surface area contributed by atoms with Gasteiger partial charge in [0.1, 0.15) is 0 Å². The number of rotatable bonds is 1. The van der Waals surface area contributed by atoms with E-state index in [1.165, 1.54) is 5.39 Å². The van der Waals surface area contributed by atoms with Crippen LogP contribution in [0.5, 0.6) is 0 Å². The normalized spacial score (nSPS) is 10.6. The van der Waals surface area contributed by atoms with Crippen molar-refractivity contribution < 1.29 is 0 Å². The zero-order valence-electron chi connectivity index (χ0n) is 9.10. The van der Waals surface area contributed by atoms with Crippen LogP contribution in [0.4, 0.5) is 0 Å². The minimum Gasteiger partial charge on any atom is -0.256 e. The maximum absolute atomic E-state index is 6.30. The van der Waals surface area contributed by atoms with Crippen molar-refractivity contribution in [3.05, 3.63) is 65.8 Å². The highest BCUT2D eigenvalue weighted by molar-refractivity contribution is 6.34. The zero-order chi connectivity index (χ0) is 11.7. The summed E-state index contributed by atoms with van der Waals surface area (Å²) in [6.07, 6.45) is 1.78. The fourth-order valence-corrected chi connectivity index (χ4v) is 2.20. The van der Waals surface area contributed by atoms with Crippen molar-refractivity contribution in [2.75, 3.05) is 0 Å². The molecule has 3 rings (SSSR count). The summed E-state index contributed by atoms with van der Waals surface area (Å²) < 4.78 is 0. The van der Waals surface area contributed by atoms with Crippen molar-refractivity contribution in [3.8, 4) is 11.3 Å². The molecule has 0 spiro atoms. The predicted molar refractivity (Wildman–Crippen MR) is 72.2 cm³/mol. The molecule has 0 N–H and O–H groups in total. The second-order valence-corrected chi connectivity index (χ2v) is 4.30. The van der Waals surface area contributed by atoms with Gasteiger partial charge in [0, 0.05) is 11.8 Å². The summed E-state index contributed by atoms with van der Waals surface area (Å²) in [5, 5.41) is 3.07. The van der Waals surface area contributed by atoms with E-state index in [1.807, 2.05) is 36.4 Å². The van der Waals surface area contributed by atoms with Crippen LogP contribution in [0.1, 0.15) is 0 Å². The highest BCUT2D eigenvalue weighted by atomic mass is 35.5. The SMILES string of the molecule is Clc1cc2ccccc2cc1-c1ccccn1. The lowest BCUT2D eigenvalue weighted by Gasteiger charge is -2.06. The Morgan fingerprint density at radius 2 is 1.53 bits per heavy atom. The van der Waals surface area contributed by atoms with E-state index < -0.39 is 0 Å². The van der Waals surface area contributed by atoms with Gasteiger partial charge in [0.15, 0.2) is 0 Å². The molecule has 0 unspecified atom stereocenters. The largest absolute Gasteiger partial charge is 0.256 e. The van der Waals surface area contributed by atoms with Gasteiger partial charge >= 0.3 is 0 Å². The Morgan fingerprint density at radius 1 is 0.824 bits per heavy atom. The molecule has 2 aromatic carbocycles. The van der Waals surface area contributed by atoms with E-state index in [9.17, 15) is 0 Å². The molecular weight excluding hydrogens is 230 g/mol. The van der Waals surface area contributed by atoms with Gasteiger partial charge in [-0.15, -0.1) is 0 Å². The number of hydrogen-bond acceptors (Lipinski definition) is 1. The lowest BCUT2D eigenvalue weighted by Crippen LogP contribution is -1.84. The molecule has 0 radical (unpaired) electrons.